The molecule has 344 valence electrons. The lowest BCUT2D eigenvalue weighted by Gasteiger charge is -2.44. The Bertz CT molecular complexity index is 1860. The van der Waals surface area contributed by atoms with E-state index in [0.29, 0.717) is 19.4 Å². The van der Waals surface area contributed by atoms with Gasteiger partial charge in [-0.05, 0) is 87.9 Å². The Balaban J connectivity index is 1.87. The molecular formula is C44H75N5O10Si2. The fourth-order valence-corrected chi connectivity index (χ4v) is 8.83. The molecule has 2 heterocycles. The predicted molar refractivity (Wildman–Crippen MR) is 242 cm³/mol. The van der Waals surface area contributed by atoms with Crippen LogP contribution in [0, 0.1) is 5.92 Å². The van der Waals surface area contributed by atoms with Gasteiger partial charge < -0.3 is 39.0 Å². The smallest absolute Gasteiger partial charge is 0.408 e. The number of esters is 1. The van der Waals surface area contributed by atoms with Gasteiger partial charge in [-0.3, -0.25) is 23.9 Å². The molecule has 0 spiro atoms. The molecule has 17 heteroatoms. The van der Waals surface area contributed by atoms with Crippen molar-refractivity contribution in [3.63, 3.8) is 0 Å². The van der Waals surface area contributed by atoms with Gasteiger partial charge in [-0.15, -0.1) is 0 Å². The lowest BCUT2D eigenvalue weighted by atomic mass is 10.0. The molecule has 0 aliphatic carbocycles. The maximum Gasteiger partial charge on any atom is 0.408 e. The Morgan fingerprint density at radius 1 is 0.836 bits per heavy atom. The van der Waals surface area contributed by atoms with Gasteiger partial charge in [0.1, 0.15) is 36.5 Å². The van der Waals surface area contributed by atoms with Crippen molar-refractivity contribution in [2.45, 2.75) is 181 Å². The van der Waals surface area contributed by atoms with Crippen LogP contribution in [0.15, 0.2) is 52.2 Å². The zero-order valence-corrected chi connectivity index (χ0v) is 41.4. The number of ether oxygens (including phenoxy) is 3. The molecule has 1 aliphatic heterocycles. The van der Waals surface area contributed by atoms with Crippen molar-refractivity contribution in [3.8, 4) is 0 Å². The minimum absolute atomic E-state index is 0.0822. The molecule has 0 unspecified atom stereocenters. The maximum absolute atomic E-state index is 14.0. The number of aromatic amines is 1. The first-order chi connectivity index (χ1) is 28.0. The van der Waals surface area contributed by atoms with Gasteiger partial charge >= 0.3 is 17.8 Å². The zero-order chi connectivity index (χ0) is 46.1. The van der Waals surface area contributed by atoms with E-state index >= 15 is 0 Å². The number of amides is 2. The Morgan fingerprint density at radius 3 is 1.97 bits per heavy atom. The number of nitrogens with zero attached hydrogens (tertiary/aromatic N) is 1. The summed E-state index contributed by atoms with van der Waals surface area (Å²) < 4.78 is 33.7. The average Bonchev–Trinajstić information content (AvgIpc) is 3.42. The standard InChI is InChI=1S/C44H75N5O10Si2/c1-29(2)26-31(47-41(54)55-28-30-20-17-16-18-21-30)37(51)46-24-19-23-45-32(39(52)57-42(3,4)5)27-33-35(58-60(12,13)43(6,7)8)36(59-61(14,15)44(9,10)11)38(56-33)49-25-22-34(50)48-40(49)53/h16-18,20-22,25,29,31-33,35-36,38,45H,19,23-24,26-28H2,1-15H3,(H,46,51)(H,47,54)(H,48,50,53)/t31-,32+,33+,35+,36+,38+/m0/s1. The number of carbonyl (C=O) groups is 3. The first kappa shape index (κ1) is 51.7. The SMILES string of the molecule is CC(C)C[C@H](NC(=O)OCc1ccccc1)C(=O)NCCCN[C@H](C[C@H]1O[C@@H](n2ccc(=O)[nH]c2=O)[C@H](O[Si](C)(C)C(C)(C)C)[C@@H]1O[Si](C)(C)C(C)(C)C)C(=O)OC(C)(C)C. The number of rotatable bonds is 19. The molecule has 0 bridgehead atoms. The molecule has 1 fully saturated rings. The van der Waals surface area contributed by atoms with Crippen molar-refractivity contribution < 1.29 is 37.4 Å². The van der Waals surface area contributed by atoms with Crippen molar-refractivity contribution >= 4 is 34.6 Å². The van der Waals surface area contributed by atoms with Gasteiger partial charge in [-0.25, -0.2) is 9.59 Å². The number of nitrogens with one attached hydrogen (secondary N) is 4. The zero-order valence-electron chi connectivity index (χ0n) is 39.4. The van der Waals surface area contributed by atoms with Crippen LogP contribution in [0.5, 0.6) is 0 Å². The molecule has 0 radical (unpaired) electrons. The summed E-state index contributed by atoms with van der Waals surface area (Å²) in [5.41, 5.74) is -1.14. The van der Waals surface area contributed by atoms with Crippen molar-refractivity contribution in [1.82, 2.24) is 25.5 Å². The molecule has 2 aromatic rings. The van der Waals surface area contributed by atoms with Gasteiger partial charge in [-0.1, -0.05) is 85.7 Å². The third kappa shape index (κ3) is 15.6. The number of H-pyrrole nitrogens is 1. The second-order valence-electron chi connectivity index (χ2n) is 20.6. The largest absolute Gasteiger partial charge is 0.459 e. The molecule has 3 rings (SSSR count). The minimum Gasteiger partial charge on any atom is -0.459 e. The van der Waals surface area contributed by atoms with Crippen LogP contribution in [0.4, 0.5) is 4.79 Å². The van der Waals surface area contributed by atoms with Crippen LogP contribution in [-0.4, -0.2) is 93.2 Å². The highest BCUT2D eigenvalue weighted by Gasteiger charge is 2.55. The summed E-state index contributed by atoms with van der Waals surface area (Å²) in [6.45, 7) is 31.3. The van der Waals surface area contributed by atoms with E-state index < -0.39 is 82.2 Å². The normalized spacial score (nSPS) is 19.9. The predicted octanol–water partition coefficient (Wildman–Crippen LogP) is 6.75. The Labute approximate surface area is 365 Å². The maximum atomic E-state index is 14.0. The molecule has 1 aliphatic rings. The number of benzene rings is 1. The van der Waals surface area contributed by atoms with Gasteiger partial charge in [0.2, 0.25) is 5.91 Å². The van der Waals surface area contributed by atoms with Gasteiger partial charge in [0.15, 0.2) is 22.9 Å². The van der Waals surface area contributed by atoms with E-state index in [2.05, 4.69) is 88.7 Å². The van der Waals surface area contributed by atoms with E-state index in [1.54, 1.807) is 20.8 Å². The van der Waals surface area contributed by atoms with Gasteiger partial charge in [0, 0.05) is 25.2 Å². The summed E-state index contributed by atoms with van der Waals surface area (Å²) in [5, 5.41) is 8.58. The van der Waals surface area contributed by atoms with Crippen LogP contribution < -0.4 is 27.2 Å². The summed E-state index contributed by atoms with van der Waals surface area (Å²) in [6.07, 6.45) is -1.49. The average molecular weight is 890 g/mol. The van der Waals surface area contributed by atoms with E-state index in [1.807, 2.05) is 44.2 Å². The number of aromatic nitrogens is 2. The fraction of sp³-hybridized carbons (Fsp3) is 0.705. The van der Waals surface area contributed by atoms with Crippen LogP contribution in [0.1, 0.15) is 107 Å². The van der Waals surface area contributed by atoms with Crippen molar-refractivity contribution in [2.75, 3.05) is 13.1 Å². The van der Waals surface area contributed by atoms with Crippen molar-refractivity contribution in [3.05, 3.63) is 69.0 Å². The number of alkyl carbamates (subject to hydrolysis) is 1. The molecule has 0 saturated carbocycles. The van der Waals surface area contributed by atoms with E-state index in [0.717, 1.165) is 5.56 Å². The van der Waals surface area contributed by atoms with Gasteiger partial charge in [0.05, 0.1) is 6.10 Å². The van der Waals surface area contributed by atoms with Crippen LogP contribution in [-0.2, 0) is 39.3 Å². The fourth-order valence-electron chi connectivity index (χ4n) is 6.23. The summed E-state index contributed by atoms with van der Waals surface area (Å²) in [6, 6.07) is 8.90. The molecule has 2 amide bonds. The minimum atomic E-state index is -2.55. The van der Waals surface area contributed by atoms with Gasteiger partial charge in [-0.2, -0.15) is 0 Å². The molecule has 15 nitrogen and oxygen atoms in total. The molecule has 1 aromatic heterocycles. The van der Waals surface area contributed by atoms with Crippen molar-refractivity contribution in [2.24, 2.45) is 5.92 Å². The first-order valence-corrected chi connectivity index (χ1v) is 27.4. The Morgan fingerprint density at radius 2 is 1.43 bits per heavy atom. The van der Waals surface area contributed by atoms with E-state index in [4.69, 9.17) is 23.1 Å². The van der Waals surface area contributed by atoms with Gasteiger partial charge in [0.25, 0.3) is 5.56 Å². The summed E-state index contributed by atoms with van der Waals surface area (Å²) in [7, 11) is -5.09. The number of hydrogen-bond acceptors (Lipinski definition) is 11. The molecule has 4 N–H and O–H groups in total. The van der Waals surface area contributed by atoms with E-state index in [9.17, 15) is 24.0 Å². The monoisotopic (exact) mass is 890 g/mol. The quantitative estimate of drug-likeness (QED) is 0.0664. The van der Waals surface area contributed by atoms with E-state index in [-0.39, 0.29) is 41.5 Å². The Hall–Kier alpha value is -3.62. The molecule has 1 saturated heterocycles. The first-order valence-electron chi connectivity index (χ1n) is 21.5. The van der Waals surface area contributed by atoms with Crippen LogP contribution in [0.2, 0.25) is 36.3 Å². The van der Waals surface area contributed by atoms with E-state index in [1.165, 1.54) is 16.8 Å². The molecule has 1 aromatic carbocycles. The van der Waals surface area contributed by atoms with Crippen LogP contribution in [0.3, 0.4) is 0 Å². The number of carbonyl (C=O) groups excluding carboxylic acids is 3. The molecular weight excluding hydrogens is 815 g/mol. The second kappa shape index (κ2) is 21.2. The third-order valence-electron chi connectivity index (χ3n) is 11.6. The lowest BCUT2D eigenvalue weighted by Crippen LogP contribution is -2.55. The van der Waals surface area contributed by atoms with Crippen molar-refractivity contribution in [1.29, 1.82) is 0 Å². The van der Waals surface area contributed by atoms with Crippen LogP contribution >= 0.6 is 0 Å². The summed E-state index contributed by atoms with van der Waals surface area (Å²) in [5.74, 6) is -0.707. The highest BCUT2D eigenvalue weighted by atomic mass is 28.4. The summed E-state index contributed by atoms with van der Waals surface area (Å²) in [4.78, 5) is 67.9. The van der Waals surface area contributed by atoms with Crippen LogP contribution in [0.25, 0.3) is 0 Å². The molecule has 6 atom stereocenters. The highest BCUT2D eigenvalue weighted by Crippen LogP contribution is 2.46. The highest BCUT2D eigenvalue weighted by molar-refractivity contribution is 6.74. The second-order valence-corrected chi connectivity index (χ2v) is 30.1. The lowest BCUT2D eigenvalue weighted by molar-refractivity contribution is -0.159. The summed E-state index contributed by atoms with van der Waals surface area (Å²) >= 11 is 0. The molecule has 61 heavy (non-hydrogen) atoms. The Kier molecular flexibility index (Phi) is 18.0. The topological polar surface area (TPSA) is 188 Å². The third-order valence-corrected chi connectivity index (χ3v) is 20.6. The number of hydrogen-bond donors (Lipinski definition) is 4.